The first-order valence-electron chi connectivity index (χ1n) is 7.49. The number of hydrogen-bond acceptors (Lipinski definition) is 1. The first-order chi connectivity index (χ1) is 8.27. The van der Waals surface area contributed by atoms with Gasteiger partial charge in [0.05, 0.1) is 0 Å². The van der Waals surface area contributed by atoms with E-state index in [1.54, 1.807) is 0 Å². The number of carboxylic acids is 1. The van der Waals surface area contributed by atoms with Crippen LogP contribution in [-0.4, -0.2) is 21.2 Å². The molecule has 0 aromatic heterocycles. The van der Waals surface area contributed by atoms with Crippen LogP contribution in [0.1, 0.15) is 93.2 Å². The molecule has 0 atom stereocenters. The van der Waals surface area contributed by atoms with Crippen LogP contribution in [0.3, 0.4) is 0 Å². The van der Waals surface area contributed by atoms with Gasteiger partial charge in [0.2, 0.25) is 0 Å². The first-order valence-corrected chi connectivity index (χ1v) is 7.49. The van der Waals surface area contributed by atoms with Crippen LogP contribution in [0, 0.1) is 0 Å². The standard InChI is InChI=1S/C15H30O2.Be.2H/c1-2-3-4-5-6-7-8-9-10-11-12-13-14-15(16)17;;;/h2-14H2,1H3,(H,16,17);;;/q;+2;2*-1. The Hall–Kier alpha value is -0.361. The molecule has 1 N–H and O–H groups in total. The zero-order valence-electron chi connectivity index (χ0n) is 14.3. The monoisotopic (exact) mass is 253 g/mol. The minimum Gasteiger partial charge on any atom is -1.00 e. The van der Waals surface area contributed by atoms with Gasteiger partial charge in [-0.05, 0) is 6.42 Å². The van der Waals surface area contributed by atoms with Gasteiger partial charge >= 0.3 is 16.1 Å². The van der Waals surface area contributed by atoms with Crippen LogP contribution in [0.5, 0.6) is 0 Å². The molecule has 3 heteroatoms. The molecule has 0 aliphatic carbocycles. The van der Waals surface area contributed by atoms with Gasteiger partial charge in [-0.3, -0.25) is 4.79 Å². The Bertz CT molecular complexity index is 181. The number of hydrogen-bond donors (Lipinski definition) is 1. The molecule has 0 radical (unpaired) electrons. The molecule has 0 aromatic rings. The van der Waals surface area contributed by atoms with Crippen molar-refractivity contribution >= 4 is 16.1 Å². The first kappa shape index (κ1) is 20.0. The van der Waals surface area contributed by atoms with Crippen molar-refractivity contribution in [3.8, 4) is 0 Å². The van der Waals surface area contributed by atoms with Gasteiger partial charge in [0.15, 0.2) is 0 Å². The predicted octanol–water partition coefficient (Wildman–Crippen LogP) is 5.01. The van der Waals surface area contributed by atoms with Gasteiger partial charge in [0.25, 0.3) is 0 Å². The number of rotatable bonds is 13. The summed E-state index contributed by atoms with van der Waals surface area (Å²) in [4.78, 5) is 10.3. The fraction of sp³-hybridized carbons (Fsp3) is 0.933. The summed E-state index contributed by atoms with van der Waals surface area (Å²) in [5, 5.41) is 8.47. The molecule has 0 aliphatic heterocycles. The third kappa shape index (κ3) is 18.0. The Morgan fingerprint density at radius 1 is 0.778 bits per heavy atom. The van der Waals surface area contributed by atoms with Crippen LogP contribution < -0.4 is 0 Å². The number of aliphatic carboxylic acids is 1. The van der Waals surface area contributed by atoms with Gasteiger partial charge in [-0.15, -0.1) is 0 Å². The Balaban J connectivity index is -0.000000427. The fourth-order valence-corrected chi connectivity index (χ4v) is 2.12. The van der Waals surface area contributed by atoms with E-state index in [0.29, 0.717) is 6.42 Å². The summed E-state index contributed by atoms with van der Waals surface area (Å²) >= 11 is 0. The van der Waals surface area contributed by atoms with Crippen molar-refractivity contribution in [3.63, 3.8) is 0 Å². The van der Waals surface area contributed by atoms with E-state index in [4.69, 9.17) is 5.11 Å². The van der Waals surface area contributed by atoms with Crippen molar-refractivity contribution in [1.29, 1.82) is 0 Å². The molecule has 0 rings (SSSR count). The van der Waals surface area contributed by atoms with Gasteiger partial charge in [0, 0.05) is 6.42 Å². The molecule has 0 aliphatic rings. The Morgan fingerprint density at radius 2 is 1.11 bits per heavy atom. The van der Waals surface area contributed by atoms with Crippen LogP contribution in [0.15, 0.2) is 0 Å². The van der Waals surface area contributed by atoms with Crippen LogP contribution in [0.2, 0.25) is 0 Å². The second-order valence-electron chi connectivity index (χ2n) is 5.03. The van der Waals surface area contributed by atoms with Crippen LogP contribution in [0.4, 0.5) is 0 Å². The fourth-order valence-electron chi connectivity index (χ4n) is 2.12. The molecule has 0 aromatic carbocycles. The maximum atomic E-state index is 10.3. The van der Waals surface area contributed by atoms with Gasteiger partial charge in [-0.25, -0.2) is 0 Å². The van der Waals surface area contributed by atoms with E-state index >= 15 is 0 Å². The molecule has 2 nitrogen and oxygen atoms in total. The van der Waals surface area contributed by atoms with Gasteiger partial charge in [-0.2, -0.15) is 0 Å². The molecule has 0 saturated heterocycles. The molecule has 0 bridgehead atoms. The van der Waals surface area contributed by atoms with E-state index in [0.717, 1.165) is 12.8 Å². The summed E-state index contributed by atoms with van der Waals surface area (Å²) in [6, 6.07) is 0. The zero-order chi connectivity index (χ0) is 12.8. The predicted molar refractivity (Wildman–Crippen MR) is 81.3 cm³/mol. The summed E-state index contributed by atoms with van der Waals surface area (Å²) < 4.78 is 0. The Labute approximate surface area is 120 Å². The molecule has 0 amide bonds. The topological polar surface area (TPSA) is 37.3 Å². The summed E-state index contributed by atoms with van der Waals surface area (Å²) in [6.45, 7) is 2.25. The Kier molecular flexibility index (Phi) is 18.5. The van der Waals surface area contributed by atoms with Gasteiger partial charge < -0.3 is 7.96 Å². The number of carboxylic acid groups (broad SMARTS) is 1. The van der Waals surface area contributed by atoms with E-state index < -0.39 is 5.97 Å². The van der Waals surface area contributed by atoms with Crippen LogP contribution in [-0.2, 0) is 4.79 Å². The molecule has 0 fully saturated rings. The molecule has 0 saturated carbocycles. The zero-order valence-corrected chi connectivity index (χ0v) is 12.3. The van der Waals surface area contributed by atoms with Crippen molar-refractivity contribution in [3.05, 3.63) is 0 Å². The average Bonchev–Trinajstić information content (AvgIpc) is 2.30. The Morgan fingerprint density at radius 3 is 1.44 bits per heavy atom. The summed E-state index contributed by atoms with van der Waals surface area (Å²) in [5.74, 6) is -0.655. The molecule has 0 heterocycles. The van der Waals surface area contributed by atoms with Crippen LogP contribution >= 0.6 is 0 Å². The van der Waals surface area contributed by atoms with E-state index in [-0.39, 0.29) is 13.0 Å². The number of unbranched alkanes of at least 4 members (excludes halogenated alkanes) is 11. The largest absolute Gasteiger partial charge is 2.00 e. The molecule has 18 heavy (non-hydrogen) atoms. The molecular formula is C15H32BeO2. The minimum absolute atomic E-state index is 0. The van der Waals surface area contributed by atoms with Gasteiger partial charge in [0.1, 0.15) is 0 Å². The van der Waals surface area contributed by atoms with E-state index in [9.17, 15) is 4.79 Å². The summed E-state index contributed by atoms with van der Waals surface area (Å²) in [7, 11) is 0. The maximum Gasteiger partial charge on any atom is 2.00 e. The third-order valence-corrected chi connectivity index (χ3v) is 3.24. The maximum absolute atomic E-state index is 10.3. The molecule has 0 spiro atoms. The van der Waals surface area contributed by atoms with E-state index in [1.165, 1.54) is 64.2 Å². The van der Waals surface area contributed by atoms with Crippen molar-refractivity contribution < 1.29 is 12.8 Å². The molecule has 106 valence electrons. The second kappa shape index (κ2) is 16.6. The SMILES string of the molecule is CCCCCCCCCCCCCCC(=O)O.[Be+2].[H-].[H-]. The average molecular weight is 253 g/mol. The molecule has 0 unspecified atom stereocenters. The van der Waals surface area contributed by atoms with Crippen molar-refractivity contribution in [2.75, 3.05) is 0 Å². The third-order valence-electron chi connectivity index (χ3n) is 3.24. The molecular weight excluding hydrogens is 221 g/mol. The summed E-state index contributed by atoms with van der Waals surface area (Å²) in [5.41, 5.74) is 0. The number of carbonyl (C=O) groups is 1. The van der Waals surface area contributed by atoms with E-state index in [1.807, 2.05) is 0 Å². The quantitative estimate of drug-likeness (QED) is 0.370. The second-order valence-corrected chi connectivity index (χ2v) is 5.03. The van der Waals surface area contributed by atoms with Crippen LogP contribution in [0.25, 0.3) is 0 Å². The van der Waals surface area contributed by atoms with Gasteiger partial charge in [-0.1, -0.05) is 77.6 Å². The summed E-state index contributed by atoms with van der Waals surface area (Å²) in [6.07, 6.45) is 15.8. The normalized spacial score (nSPS) is 10.1. The minimum atomic E-state index is -0.655. The van der Waals surface area contributed by atoms with E-state index in [2.05, 4.69) is 6.92 Å². The smallest absolute Gasteiger partial charge is 1.00 e. The van der Waals surface area contributed by atoms with Crippen molar-refractivity contribution in [1.82, 2.24) is 0 Å². The van der Waals surface area contributed by atoms with Crippen molar-refractivity contribution in [2.45, 2.75) is 90.4 Å². The van der Waals surface area contributed by atoms with Crippen molar-refractivity contribution in [2.24, 2.45) is 0 Å².